The average molecular weight is 369 g/mol. The second-order valence-corrected chi connectivity index (χ2v) is 6.26. The summed E-state index contributed by atoms with van der Waals surface area (Å²) in [6, 6.07) is 15.0. The third-order valence-electron chi connectivity index (χ3n) is 3.41. The Morgan fingerprint density at radius 2 is 1.86 bits per heavy atom. The van der Waals surface area contributed by atoms with Crippen LogP contribution in [0.1, 0.15) is 23.4 Å². The van der Waals surface area contributed by atoms with Crippen molar-refractivity contribution in [3.63, 3.8) is 0 Å². The van der Waals surface area contributed by atoms with Crippen molar-refractivity contribution in [3.8, 4) is 0 Å². The smallest absolute Gasteiger partial charge is 0.258 e. The first-order valence-electron chi connectivity index (χ1n) is 6.61. The zero-order chi connectivity index (χ0) is 15.4. The number of nitro benzene ring substituents is 1. The molecule has 5 heteroatoms. The highest BCUT2D eigenvalue weighted by Crippen LogP contribution is 2.35. The summed E-state index contributed by atoms with van der Waals surface area (Å²) in [4.78, 5) is 10.6. The van der Waals surface area contributed by atoms with E-state index in [0.717, 1.165) is 11.1 Å². The third kappa shape index (κ3) is 3.83. The van der Waals surface area contributed by atoms with E-state index in [9.17, 15) is 10.1 Å². The molecule has 0 saturated carbocycles. The van der Waals surface area contributed by atoms with Gasteiger partial charge in [0.25, 0.3) is 5.69 Å². The van der Waals surface area contributed by atoms with Gasteiger partial charge in [0.15, 0.2) is 0 Å². The zero-order valence-corrected chi connectivity index (χ0v) is 13.8. The molecular formula is C16H15BrClNO2. The Balaban J connectivity index is 2.18. The van der Waals surface area contributed by atoms with Crippen molar-refractivity contribution in [2.45, 2.75) is 18.7 Å². The van der Waals surface area contributed by atoms with E-state index in [4.69, 9.17) is 11.6 Å². The van der Waals surface area contributed by atoms with Gasteiger partial charge >= 0.3 is 0 Å². The van der Waals surface area contributed by atoms with Gasteiger partial charge in [-0.3, -0.25) is 10.1 Å². The van der Waals surface area contributed by atoms with Crippen molar-refractivity contribution in [1.82, 2.24) is 0 Å². The van der Waals surface area contributed by atoms with Crippen LogP contribution < -0.4 is 0 Å². The molecular weight excluding hydrogens is 354 g/mol. The molecule has 0 saturated heterocycles. The minimum atomic E-state index is -0.381. The summed E-state index contributed by atoms with van der Waals surface area (Å²) in [5.41, 5.74) is 2.05. The van der Waals surface area contributed by atoms with Gasteiger partial charge < -0.3 is 0 Å². The molecule has 2 unspecified atom stereocenters. The Bertz CT molecular complexity index is 633. The molecule has 2 rings (SSSR count). The van der Waals surface area contributed by atoms with Crippen LogP contribution in [0, 0.1) is 16.0 Å². The first kappa shape index (κ1) is 16.0. The molecule has 2 aromatic rings. The Morgan fingerprint density at radius 1 is 1.19 bits per heavy atom. The molecule has 3 nitrogen and oxygen atoms in total. The van der Waals surface area contributed by atoms with E-state index in [0.29, 0.717) is 10.9 Å². The monoisotopic (exact) mass is 367 g/mol. The highest BCUT2D eigenvalue weighted by atomic mass is 79.9. The molecule has 0 bridgehead atoms. The second kappa shape index (κ2) is 7.05. The maximum absolute atomic E-state index is 11.0. The lowest BCUT2D eigenvalue weighted by atomic mass is 9.93. The van der Waals surface area contributed by atoms with Crippen LogP contribution in [0.5, 0.6) is 0 Å². The first-order valence-corrected chi connectivity index (χ1v) is 7.84. The van der Waals surface area contributed by atoms with E-state index in [2.05, 4.69) is 22.9 Å². The standard InChI is InChI=1S/C16H15BrClNO2/c1-11(16(18)12-6-3-2-4-7-12)10-13-8-5-9-14(15(13)17)19(20)21/h2-9,11,16H,10H2,1H3. The van der Waals surface area contributed by atoms with Crippen LogP contribution in [0.3, 0.4) is 0 Å². The number of halogens is 2. The van der Waals surface area contributed by atoms with Gasteiger partial charge in [-0.25, -0.2) is 0 Å². The van der Waals surface area contributed by atoms with Crippen molar-refractivity contribution >= 4 is 33.2 Å². The van der Waals surface area contributed by atoms with Gasteiger partial charge in [0, 0.05) is 6.07 Å². The fraction of sp³-hybridized carbons (Fsp3) is 0.250. The van der Waals surface area contributed by atoms with E-state index < -0.39 is 0 Å². The lowest BCUT2D eigenvalue weighted by Crippen LogP contribution is -2.08. The van der Waals surface area contributed by atoms with E-state index >= 15 is 0 Å². The summed E-state index contributed by atoms with van der Waals surface area (Å²) in [5.74, 6) is 0.160. The predicted octanol–water partition coefficient (Wildman–Crippen LogP) is 5.52. The number of alkyl halides is 1. The Labute approximate surface area is 137 Å². The molecule has 0 amide bonds. The van der Waals surface area contributed by atoms with Crippen molar-refractivity contribution in [3.05, 3.63) is 74.2 Å². The molecule has 0 fully saturated rings. The quantitative estimate of drug-likeness (QED) is 0.396. The number of hydrogen-bond acceptors (Lipinski definition) is 2. The molecule has 0 heterocycles. The van der Waals surface area contributed by atoms with Gasteiger partial charge in [-0.2, -0.15) is 0 Å². The first-order chi connectivity index (χ1) is 10.0. The summed E-state index contributed by atoms with van der Waals surface area (Å²) in [7, 11) is 0. The summed E-state index contributed by atoms with van der Waals surface area (Å²) in [6.45, 7) is 2.05. The second-order valence-electron chi connectivity index (χ2n) is 5.00. The topological polar surface area (TPSA) is 43.1 Å². The lowest BCUT2D eigenvalue weighted by Gasteiger charge is -2.19. The van der Waals surface area contributed by atoms with Crippen LogP contribution in [0.15, 0.2) is 53.0 Å². The highest BCUT2D eigenvalue weighted by molar-refractivity contribution is 9.10. The maximum atomic E-state index is 11.0. The van der Waals surface area contributed by atoms with Crippen LogP contribution in [-0.2, 0) is 6.42 Å². The molecule has 2 atom stereocenters. The van der Waals surface area contributed by atoms with Gasteiger partial charge in [-0.15, -0.1) is 11.6 Å². The summed E-state index contributed by atoms with van der Waals surface area (Å²) < 4.78 is 0.541. The van der Waals surface area contributed by atoms with Crippen molar-refractivity contribution in [1.29, 1.82) is 0 Å². The molecule has 0 aromatic heterocycles. The zero-order valence-electron chi connectivity index (χ0n) is 11.5. The van der Waals surface area contributed by atoms with Gasteiger partial charge in [-0.05, 0) is 39.4 Å². The predicted molar refractivity (Wildman–Crippen MR) is 88.7 cm³/mol. The molecule has 0 aliphatic rings. The Kier molecular flexibility index (Phi) is 5.37. The van der Waals surface area contributed by atoms with Crippen molar-refractivity contribution < 1.29 is 4.92 Å². The van der Waals surface area contributed by atoms with Crippen molar-refractivity contribution in [2.24, 2.45) is 5.92 Å². The number of nitrogens with zero attached hydrogens (tertiary/aromatic N) is 1. The van der Waals surface area contributed by atoms with Gasteiger partial charge in [0.1, 0.15) is 0 Å². The molecule has 0 spiro atoms. The van der Waals surface area contributed by atoms with Gasteiger partial charge in [-0.1, -0.05) is 49.4 Å². The van der Waals surface area contributed by atoms with Crippen molar-refractivity contribution in [2.75, 3.05) is 0 Å². The fourth-order valence-electron chi connectivity index (χ4n) is 2.28. The van der Waals surface area contributed by atoms with Crippen LogP contribution in [0.4, 0.5) is 5.69 Å². The van der Waals surface area contributed by atoms with Gasteiger partial charge in [0.2, 0.25) is 0 Å². The van der Waals surface area contributed by atoms with Crippen LogP contribution in [-0.4, -0.2) is 4.92 Å². The minimum Gasteiger partial charge on any atom is -0.258 e. The number of hydrogen-bond donors (Lipinski definition) is 0. The summed E-state index contributed by atoms with van der Waals surface area (Å²) >= 11 is 9.84. The number of rotatable bonds is 5. The SMILES string of the molecule is CC(Cc1cccc([N+](=O)[O-])c1Br)C(Cl)c1ccccc1. The summed E-state index contributed by atoms with van der Waals surface area (Å²) in [6.07, 6.45) is 0.672. The van der Waals surface area contributed by atoms with E-state index in [-0.39, 0.29) is 21.9 Å². The Hall–Kier alpha value is -1.39. The van der Waals surface area contributed by atoms with Crippen LogP contribution in [0.2, 0.25) is 0 Å². The molecule has 0 radical (unpaired) electrons. The number of benzene rings is 2. The van der Waals surface area contributed by atoms with E-state index in [1.807, 2.05) is 36.4 Å². The highest BCUT2D eigenvalue weighted by Gasteiger charge is 2.21. The molecule has 110 valence electrons. The molecule has 0 N–H and O–H groups in total. The molecule has 0 aliphatic carbocycles. The molecule has 2 aromatic carbocycles. The summed E-state index contributed by atoms with van der Waals surface area (Å²) in [5, 5.41) is 10.8. The molecule has 21 heavy (non-hydrogen) atoms. The largest absolute Gasteiger partial charge is 0.283 e. The molecule has 0 aliphatic heterocycles. The average Bonchev–Trinajstić information content (AvgIpc) is 2.49. The lowest BCUT2D eigenvalue weighted by molar-refractivity contribution is -0.385. The van der Waals surface area contributed by atoms with Crippen LogP contribution >= 0.6 is 27.5 Å². The van der Waals surface area contributed by atoms with E-state index in [1.165, 1.54) is 6.07 Å². The van der Waals surface area contributed by atoms with E-state index in [1.54, 1.807) is 6.07 Å². The maximum Gasteiger partial charge on any atom is 0.283 e. The normalized spacial score (nSPS) is 13.7. The van der Waals surface area contributed by atoms with Crippen LogP contribution in [0.25, 0.3) is 0 Å². The minimum absolute atomic E-state index is 0.0885. The number of nitro groups is 1. The third-order valence-corrected chi connectivity index (χ3v) is 5.01. The van der Waals surface area contributed by atoms with Gasteiger partial charge in [0.05, 0.1) is 14.8 Å². The Morgan fingerprint density at radius 3 is 2.48 bits per heavy atom. The fourth-order valence-corrected chi connectivity index (χ4v) is 3.09.